The predicted molar refractivity (Wildman–Crippen MR) is 133 cm³/mol. The first-order chi connectivity index (χ1) is 16.5. The molecule has 4 aromatic rings. The number of aromatic nitrogens is 2. The first-order valence-electron chi connectivity index (χ1n) is 10.4. The number of ether oxygens (including phenoxy) is 1. The van der Waals surface area contributed by atoms with Gasteiger partial charge in [0, 0.05) is 0 Å². The third-order valence-electron chi connectivity index (χ3n) is 4.98. The zero-order chi connectivity index (χ0) is 24.1. The summed E-state index contributed by atoms with van der Waals surface area (Å²) in [7, 11) is 1.45. The fraction of sp³-hybridized carbons (Fsp3) is 0.120. The number of para-hydroxylation sites is 1. The van der Waals surface area contributed by atoms with Gasteiger partial charge in [-0.05, 0) is 55.0 Å². The number of hydrazone groups is 1. The van der Waals surface area contributed by atoms with Crippen LogP contribution in [0.1, 0.15) is 11.1 Å². The van der Waals surface area contributed by atoms with Crippen molar-refractivity contribution in [2.45, 2.75) is 12.1 Å². The lowest BCUT2D eigenvalue weighted by molar-refractivity contribution is -0.118. The van der Waals surface area contributed by atoms with E-state index in [1.807, 2.05) is 37.3 Å². The summed E-state index contributed by atoms with van der Waals surface area (Å²) in [6.07, 6.45) is 1.45. The Kier molecular flexibility index (Phi) is 6.93. The number of nitrogens with zero attached hydrogens (tertiary/aromatic N) is 3. The summed E-state index contributed by atoms with van der Waals surface area (Å²) in [6.45, 7) is 1.97. The highest BCUT2D eigenvalue weighted by atomic mass is 32.2. The summed E-state index contributed by atoms with van der Waals surface area (Å²) < 4.78 is 6.58. The Hall–Kier alpha value is -4.11. The van der Waals surface area contributed by atoms with E-state index in [0.717, 1.165) is 17.3 Å². The van der Waals surface area contributed by atoms with Crippen LogP contribution in [-0.4, -0.2) is 39.6 Å². The van der Waals surface area contributed by atoms with Gasteiger partial charge >= 0.3 is 0 Å². The van der Waals surface area contributed by atoms with Gasteiger partial charge in [0.2, 0.25) is 0 Å². The van der Waals surface area contributed by atoms with Crippen molar-refractivity contribution in [2.75, 3.05) is 12.9 Å². The number of nitrogens with one attached hydrogen (secondary N) is 1. The van der Waals surface area contributed by atoms with Gasteiger partial charge in [-0.25, -0.2) is 10.4 Å². The van der Waals surface area contributed by atoms with E-state index < -0.39 is 0 Å². The van der Waals surface area contributed by atoms with Gasteiger partial charge in [0.1, 0.15) is 0 Å². The average molecular weight is 475 g/mol. The number of hydrogen-bond acceptors (Lipinski definition) is 7. The highest BCUT2D eigenvalue weighted by Gasteiger charge is 2.14. The van der Waals surface area contributed by atoms with Gasteiger partial charge in [-0.15, -0.1) is 0 Å². The summed E-state index contributed by atoms with van der Waals surface area (Å²) in [5.74, 6) is -0.0258. The van der Waals surface area contributed by atoms with E-state index in [-0.39, 0.29) is 23.0 Å². The first-order valence-corrected chi connectivity index (χ1v) is 11.4. The fourth-order valence-corrected chi connectivity index (χ4v) is 4.05. The Labute approximate surface area is 199 Å². The monoisotopic (exact) mass is 474 g/mol. The largest absolute Gasteiger partial charge is 0.504 e. The molecule has 0 radical (unpaired) electrons. The normalized spacial score (nSPS) is 11.1. The molecule has 2 N–H and O–H groups in total. The van der Waals surface area contributed by atoms with Crippen molar-refractivity contribution in [2.24, 2.45) is 5.10 Å². The molecule has 172 valence electrons. The molecule has 0 aliphatic rings. The van der Waals surface area contributed by atoms with Crippen molar-refractivity contribution >= 4 is 34.8 Å². The molecule has 8 nitrogen and oxygen atoms in total. The van der Waals surface area contributed by atoms with E-state index in [4.69, 9.17) is 4.74 Å². The number of carbonyl (C=O) groups is 1. The molecule has 1 amide bonds. The molecule has 0 fully saturated rings. The second kappa shape index (κ2) is 10.2. The number of rotatable bonds is 7. The van der Waals surface area contributed by atoms with Crippen LogP contribution < -0.4 is 15.7 Å². The van der Waals surface area contributed by atoms with Gasteiger partial charge in [-0.3, -0.25) is 14.2 Å². The van der Waals surface area contributed by atoms with Gasteiger partial charge in [-0.1, -0.05) is 41.6 Å². The van der Waals surface area contributed by atoms with Crippen LogP contribution in [-0.2, 0) is 4.79 Å². The van der Waals surface area contributed by atoms with Crippen molar-refractivity contribution in [3.8, 4) is 17.2 Å². The van der Waals surface area contributed by atoms with Gasteiger partial charge < -0.3 is 9.84 Å². The van der Waals surface area contributed by atoms with Crippen molar-refractivity contribution < 1.29 is 14.6 Å². The van der Waals surface area contributed by atoms with Crippen LogP contribution in [0.4, 0.5) is 0 Å². The van der Waals surface area contributed by atoms with E-state index in [1.54, 1.807) is 30.3 Å². The Balaban J connectivity index is 1.53. The summed E-state index contributed by atoms with van der Waals surface area (Å²) in [5.41, 5.74) is 5.23. The van der Waals surface area contributed by atoms with Gasteiger partial charge in [0.25, 0.3) is 11.5 Å². The van der Waals surface area contributed by atoms with Crippen LogP contribution in [0.2, 0.25) is 0 Å². The van der Waals surface area contributed by atoms with Crippen LogP contribution >= 0.6 is 11.8 Å². The van der Waals surface area contributed by atoms with Gasteiger partial charge in [-0.2, -0.15) is 5.10 Å². The number of amides is 1. The molecule has 0 saturated heterocycles. The molecule has 0 atom stereocenters. The summed E-state index contributed by atoms with van der Waals surface area (Å²) in [6, 6.07) is 19.4. The Morgan fingerprint density at radius 1 is 1.18 bits per heavy atom. The minimum Gasteiger partial charge on any atom is -0.504 e. The molecule has 0 aliphatic carbocycles. The first kappa shape index (κ1) is 23.1. The highest BCUT2D eigenvalue weighted by Crippen LogP contribution is 2.25. The highest BCUT2D eigenvalue weighted by molar-refractivity contribution is 7.99. The number of methoxy groups -OCH3 is 1. The number of hydrogen-bond donors (Lipinski definition) is 2. The average Bonchev–Trinajstić information content (AvgIpc) is 2.84. The predicted octanol–water partition coefficient (Wildman–Crippen LogP) is 3.65. The molecule has 4 rings (SSSR count). The summed E-state index contributed by atoms with van der Waals surface area (Å²) in [4.78, 5) is 30.3. The second-order valence-corrected chi connectivity index (χ2v) is 8.34. The number of carbonyl (C=O) groups excluding carboxylic acids is 1. The number of fused-ring (bicyclic) bond motifs is 1. The number of aryl methyl sites for hydroxylation is 1. The standard InChI is InChI=1S/C25H22N4O4S/c1-16-7-10-18(11-8-16)29-24(32)19-5-3-4-6-20(19)27-25(29)34-15-23(31)28-26-14-17-9-12-21(30)22(13-17)33-2/h3-14,30H,15H2,1-2H3,(H,28,31). The van der Waals surface area contributed by atoms with Gasteiger partial charge in [0.05, 0.1) is 35.7 Å². The Morgan fingerprint density at radius 3 is 2.71 bits per heavy atom. The molecule has 34 heavy (non-hydrogen) atoms. The van der Waals surface area contributed by atoms with E-state index in [1.165, 1.54) is 24.0 Å². The smallest absolute Gasteiger partial charge is 0.266 e. The van der Waals surface area contributed by atoms with Crippen LogP contribution in [0.5, 0.6) is 11.5 Å². The molecular formula is C25H22N4O4S. The molecule has 3 aromatic carbocycles. The van der Waals surface area contributed by atoms with E-state index in [2.05, 4.69) is 15.5 Å². The lowest BCUT2D eigenvalue weighted by Gasteiger charge is -2.13. The maximum atomic E-state index is 13.2. The SMILES string of the molecule is COc1cc(C=NNC(=O)CSc2nc3ccccc3c(=O)n2-c2ccc(C)cc2)ccc1O. The number of phenolic OH excluding ortho intramolecular Hbond substituents is 1. The topological polar surface area (TPSA) is 106 Å². The van der Waals surface area contributed by atoms with E-state index in [9.17, 15) is 14.7 Å². The fourth-order valence-electron chi connectivity index (χ4n) is 3.25. The molecule has 9 heteroatoms. The Bertz CT molecular complexity index is 1430. The number of aromatic hydroxyl groups is 1. The molecule has 1 aromatic heterocycles. The van der Waals surface area contributed by atoms with Gasteiger partial charge in [0.15, 0.2) is 16.7 Å². The third-order valence-corrected chi connectivity index (χ3v) is 5.91. The van der Waals surface area contributed by atoms with Crippen LogP contribution in [0.3, 0.4) is 0 Å². The molecule has 0 unspecified atom stereocenters. The number of benzene rings is 3. The summed E-state index contributed by atoms with van der Waals surface area (Å²) >= 11 is 1.15. The second-order valence-electron chi connectivity index (χ2n) is 7.40. The minimum absolute atomic E-state index is 0.00683. The Morgan fingerprint density at radius 2 is 1.94 bits per heavy atom. The van der Waals surface area contributed by atoms with Crippen LogP contribution in [0.15, 0.2) is 81.8 Å². The maximum Gasteiger partial charge on any atom is 0.266 e. The third kappa shape index (κ3) is 5.10. The lowest BCUT2D eigenvalue weighted by Crippen LogP contribution is -2.24. The van der Waals surface area contributed by atoms with Crippen molar-refractivity contribution in [1.82, 2.24) is 15.0 Å². The lowest BCUT2D eigenvalue weighted by atomic mass is 10.2. The molecule has 0 bridgehead atoms. The van der Waals surface area contributed by atoms with Crippen molar-refractivity contribution in [1.29, 1.82) is 0 Å². The van der Waals surface area contributed by atoms with E-state index in [0.29, 0.717) is 33.1 Å². The summed E-state index contributed by atoms with van der Waals surface area (Å²) in [5, 5.41) is 14.5. The van der Waals surface area contributed by atoms with Crippen molar-refractivity contribution in [3.63, 3.8) is 0 Å². The zero-order valence-electron chi connectivity index (χ0n) is 18.6. The quantitative estimate of drug-likeness (QED) is 0.183. The molecule has 0 aliphatic heterocycles. The van der Waals surface area contributed by atoms with Crippen LogP contribution in [0.25, 0.3) is 16.6 Å². The maximum absolute atomic E-state index is 13.2. The molecule has 0 saturated carbocycles. The van der Waals surface area contributed by atoms with E-state index >= 15 is 0 Å². The number of thioether (sulfide) groups is 1. The minimum atomic E-state index is -0.357. The van der Waals surface area contributed by atoms with Crippen LogP contribution in [0, 0.1) is 6.92 Å². The van der Waals surface area contributed by atoms with Crippen molar-refractivity contribution in [3.05, 3.63) is 88.2 Å². The zero-order valence-corrected chi connectivity index (χ0v) is 19.4. The molecular weight excluding hydrogens is 452 g/mol. The number of phenols is 1. The molecule has 0 spiro atoms. The molecule has 1 heterocycles.